The van der Waals surface area contributed by atoms with Gasteiger partial charge in [0.1, 0.15) is 0 Å². The maximum absolute atomic E-state index is 12.7. The average Bonchev–Trinajstić information content (AvgIpc) is 2.99. The molecule has 8 heteroatoms. The first-order valence-corrected chi connectivity index (χ1v) is 8.25. The van der Waals surface area contributed by atoms with E-state index in [9.17, 15) is 18.0 Å². The highest BCUT2D eigenvalue weighted by Crippen LogP contribution is 2.37. The molecule has 0 bridgehead atoms. The zero-order chi connectivity index (χ0) is 16.7. The van der Waals surface area contributed by atoms with Crippen molar-refractivity contribution >= 4 is 6.03 Å². The van der Waals surface area contributed by atoms with Gasteiger partial charge >= 0.3 is 12.2 Å². The van der Waals surface area contributed by atoms with Gasteiger partial charge in [0.15, 0.2) is 0 Å². The molecule has 23 heavy (non-hydrogen) atoms. The minimum Gasteiger partial charge on any atom is -0.377 e. The van der Waals surface area contributed by atoms with Gasteiger partial charge in [0.25, 0.3) is 0 Å². The number of ether oxygens (including phenoxy) is 2. The highest BCUT2D eigenvalue weighted by atomic mass is 19.4. The maximum atomic E-state index is 12.7. The van der Waals surface area contributed by atoms with Gasteiger partial charge in [0.05, 0.1) is 25.2 Å². The first kappa shape index (κ1) is 18.3. The van der Waals surface area contributed by atoms with Crippen molar-refractivity contribution in [3.63, 3.8) is 0 Å². The number of hydrogen-bond donors (Lipinski definition) is 2. The minimum absolute atomic E-state index is 0.0353. The molecule has 1 heterocycles. The summed E-state index contributed by atoms with van der Waals surface area (Å²) < 4.78 is 48.9. The van der Waals surface area contributed by atoms with Crippen molar-refractivity contribution in [3.05, 3.63) is 0 Å². The molecule has 2 aliphatic rings. The molecular formula is C15H25F3N2O3. The van der Waals surface area contributed by atoms with Gasteiger partial charge in [0, 0.05) is 19.2 Å². The Morgan fingerprint density at radius 2 is 2.04 bits per heavy atom. The van der Waals surface area contributed by atoms with E-state index < -0.39 is 24.2 Å². The van der Waals surface area contributed by atoms with E-state index in [1.54, 1.807) is 0 Å². The summed E-state index contributed by atoms with van der Waals surface area (Å²) in [5.74, 6) is -1.31. The first-order chi connectivity index (χ1) is 10.9. The van der Waals surface area contributed by atoms with Crippen molar-refractivity contribution in [1.82, 2.24) is 10.6 Å². The molecule has 5 nitrogen and oxygen atoms in total. The number of carbonyl (C=O) groups is 1. The average molecular weight is 338 g/mol. The molecule has 0 aromatic carbocycles. The van der Waals surface area contributed by atoms with Crippen molar-refractivity contribution < 1.29 is 27.4 Å². The van der Waals surface area contributed by atoms with Crippen molar-refractivity contribution in [3.8, 4) is 0 Å². The maximum Gasteiger partial charge on any atom is 0.391 e. The fourth-order valence-corrected chi connectivity index (χ4v) is 3.08. The van der Waals surface area contributed by atoms with Crippen molar-refractivity contribution in [2.45, 2.75) is 56.8 Å². The van der Waals surface area contributed by atoms with E-state index in [-0.39, 0.29) is 18.9 Å². The molecule has 1 aliphatic carbocycles. The number of halogens is 3. The molecule has 1 saturated carbocycles. The van der Waals surface area contributed by atoms with Gasteiger partial charge in [-0.2, -0.15) is 13.2 Å². The van der Waals surface area contributed by atoms with Crippen LogP contribution in [-0.2, 0) is 9.47 Å². The van der Waals surface area contributed by atoms with E-state index in [4.69, 9.17) is 9.47 Å². The van der Waals surface area contributed by atoms with Crippen LogP contribution >= 0.6 is 0 Å². The van der Waals surface area contributed by atoms with Gasteiger partial charge in [-0.05, 0) is 32.1 Å². The second-order valence-electron chi connectivity index (χ2n) is 6.21. The van der Waals surface area contributed by atoms with Crippen LogP contribution < -0.4 is 10.6 Å². The van der Waals surface area contributed by atoms with Gasteiger partial charge in [-0.25, -0.2) is 4.79 Å². The molecule has 0 spiro atoms. The Balaban J connectivity index is 1.55. The lowest BCUT2D eigenvalue weighted by Gasteiger charge is -2.31. The molecule has 0 aromatic rings. The Morgan fingerprint density at radius 3 is 2.74 bits per heavy atom. The van der Waals surface area contributed by atoms with Crippen LogP contribution in [0.1, 0.15) is 38.5 Å². The third-order valence-corrected chi connectivity index (χ3v) is 4.33. The fraction of sp³-hybridized carbons (Fsp3) is 0.933. The highest BCUT2D eigenvalue weighted by molar-refractivity contribution is 5.74. The van der Waals surface area contributed by atoms with E-state index in [1.807, 2.05) is 0 Å². The number of nitrogens with one attached hydrogen (secondary N) is 2. The number of urea groups is 1. The molecule has 2 N–H and O–H groups in total. The standard InChI is InChI=1S/C15H25F3N2O3/c16-15(17,18)11-3-1-4-12(9-11)20-14(21)19-6-8-22-10-13-5-2-7-23-13/h11-13H,1-10H2,(H2,19,20,21)/t11-,12-,13-/m0/s1. The quantitative estimate of drug-likeness (QED) is 0.732. The summed E-state index contributed by atoms with van der Waals surface area (Å²) in [7, 11) is 0. The molecule has 0 unspecified atom stereocenters. The predicted molar refractivity (Wildman–Crippen MR) is 78.1 cm³/mol. The molecule has 2 rings (SSSR count). The topological polar surface area (TPSA) is 59.6 Å². The normalized spacial score (nSPS) is 28.6. The van der Waals surface area contributed by atoms with Gasteiger partial charge in [-0.3, -0.25) is 0 Å². The lowest BCUT2D eigenvalue weighted by Crippen LogP contribution is -2.46. The number of hydrogen-bond acceptors (Lipinski definition) is 3. The zero-order valence-corrected chi connectivity index (χ0v) is 13.2. The summed E-state index contributed by atoms with van der Waals surface area (Å²) in [6.07, 6.45) is -0.787. The van der Waals surface area contributed by atoms with Crippen LogP contribution in [0.5, 0.6) is 0 Å². The van der Waals surface area contributed by atoms with E-state index >= 15 is 0 Å². The van der Waals surface area contributed by atoms with Gasteiger partial charge in [-0.1, -0.05) is 6.42 Å². The first-order valence-electron chi connectivity index (χ1n) is 8.25. The van der Waals surface area contributed by atoms with Gasteiger partial charge in [0.2, 0.25) is 0 Å². The summed E-state index contributed by atoms with van der Waals surface area (Å²) in [5, 5.41) is 5.23. The van der Waals surface area contributed by atoms with Crippen molar-refractivity contribution in [2.24, 2.45) is 5.92 Å². The lowest BCUT2D eigenvalue weighted by atomic mass is 9.85. The third kappa shape index (κ3) is 6.55. The molecule has 0 radical (unpaired) electrons. The molecule has 2 amide bonds. The summed E-state index contributed by atoms with van der Waals surface area (Å²) in [6.45, 7) is 1.98. The smallest absolute Gasteiger partial charge is 0.377 e. The Hall–Kier alpha value is -1.02. The molecular weight excluding hydrogens is 313 g/mol. The second kappa shape index (κ2) is 8.73. The Morgan fingerprint density at radius 1 is 1.22 bits per heavy atom. The van der Waals surface area contributed by atoms with Crippen LogP contribution in [0.25, 0.3) is 0 Å². The van der Waals surface area contributed by atoms with Crippen LogP contribution in [0.3, 0.4) is 0 Å². The summed E-state index contributed by atoms with van der Waals surface area (Å²) in [5.41, 5.74) is 0. The summed E-state index contributed by atoms with van der Waals surface area (Å²) in [6, 6.07) is -0.846. The largest absolute Gasteiger partial charge is 0.391 e. The van der Waals surface area contributed by atoms with Crippen LogP contribution in [0, 0.1) is 5.92 Å². The van der Waals surface area contributed by atoms with Crippen LogP contribution in [-0.4, -0.2) is 50.7 Å². The van der Waals surface area contributed by atoms with Crippen LogP contribution in [0.15, 0.2) is 0 Å². The van der Waals surface area contributed by atoms with E-state index in [2.05, 4.69) is 10.6 Å². The number of amides is 2. The van der Waals surface area contributed by atoms with E-state index in [1.165, 1.54) is 0 Å². The Bertz CT molecular complexity index is 373. The van der Waals surface area contributed by atoms with Crippen LogP contribution in [0.4, 0.5) is 18.0 Å². The molecule has 3 atom stereocenters. The van der Waals surface area contributed by atoms with Crippen molar-refractivity contribution in [1.29, 1.82) is 0 Å². The van der Waals surface area contributed by atoms with Gasteiger partial charge < -0.3 is 20.1 Å². The van der Waals surface area contributed by atoms with Crippen molar-refractivity contribution in [2.75, 3.05) is 26.4 Å². The molecule has 1 saturated heterocycles. The molecule has 1 aliphatic heterocycles. The van der Waals surface area contributed by atoms with E-state index in [0.29, 0.717) is 32.6 Å². The number of carbonyl (C=O) groups excluding carboxylic acids is 1. The second-order valence-corrected chi connectivity index (χ2v) is 6.21. The minimum atomic E-state index is -4.17. The lowest BCUT2D eigenvalue weighted by molar-refractivity contribution is -0.183. The molecule has 0 aromatic heterocycles. The van der Waals surface area contributed by atoms with Gasteiger partial charge in [-0.15, -0.1) is 0 Å². The predicted octanol–water partition coefficient (Wildman–Crippen LogP) is 2.60. The SMILES string of the molecule is O=C(NCCOC[C@@H]1CCCO1)N[C@H]1CCC[C@H](C(F)(F)F)C1. The summed E-state index contributed by atoms with van der Waals surface area (Å²) in [4.78, 5) is 11.7. The molecule has 2 fully saturated rings. The number of rotatable bonds is 6. The Kier molecular flexibility index (Phi) is 6.95. The highest BCUT2D eigenvalue weighted by Gasteiger charge is 2.42. The Labute approximate surface area is 134 Å². The van der Waals surface area contributed by atoms with Crippen LogP contribution in [0.2, 0.25) is 0 Å². The fourth-order valence-electron chi connectivity index (χ4n) is 3.08. The third-order valence-electron chi connectivity index (χ3n) is 4.33. The monoisotopic (exact) mass is 338 g/mol. The number of alkyl halides is 3. The zero-order valence-electron chi connectivity index (χ0n) is 13.2. The molecule has 134 valence electrons. The van der Waals surface area contributed by atoms with E-state index in [0.717, 1.165) is 19.4 Å². The summed E-state index contributed by atoms with van der Waals surface area (Å²) >= 11 is 0.